The van der Waals surface area contributed by atoms with Crippen LogP contribution in [0.4, 0.5) is 0 Å². The van der Waals surface area contributed by atoms with Gasteiger partial charge in [-0.15, -0.1) is 0 Å². The lowest BCUT2D eigenvalue weighted by molar-refractivity contribution is 0.459. The van der Waals surface area contributed by atoms with Crippen LogP contribution in [-0.2, 0) is 6.42 Å². The zero-order chi connectivity index (χ0) is 11.7. The van der Waals surface area contributed by atoms with Crippen molar-refractivity contribution in [3.8, 4) is 5.75 Å². The van der Waals surface area contributed by atoms with E-state index in [0.29, 0.717) is 11.7 Å². The van der Waals surface area contributed by atoms with Gasteiger partial charge in [-0.05, 0) is 36.5 Å². The maximum atomic E-state index is 9.99. The maximum absolute atomic E-state index is 9.99. The Labute approximate surface area is 102 Å². The standard InChI is InChI=1S/C16H16O/c17-16-11-4-3-9-15(16)14-10-5-7-12-6-1-2-8-13(12)14/h1-4,6,8-9,11,14,17H,5,7,10H2. The molecule has 0 amide bonds. The van der Waals surface area contributed by atoms with Gasteiger partial charge < -0.3 is 5.11 Å². The van der Waals surface area contributed by atoms with Gasteiger partial charge in [0, 0.05) is 11.5 Å². The van der Waals surface area contributed by atoms with Crippen molar-refractivity contribution < 1.29 is 5.11 Å². The molecule has 1 aliphatic rings. The Morgan fingerprint density at radius 1 is 0.882 bits per heavy atom. The highest BCUT2D eigenvalue weighted by Crippen LogP contribution is 2.39. The van der Waals surface area contributed by atoms with Gasteiger partial charge >= 0.3 is 0 Å². The summed E-state index contributed by atoms with van der Waals surface area (Å²) in [6.45, 7) is 0. The molecule has 3 rings (SSSR count). The van der Waals surface area contributed by atoms with Crippen LogP contribution in [0.3, 0.4) is 0 Å². The second-order valence-electron chi connectivity index (χ2n) is 4.70. The Balaban J connectivity index is 2.09. The molecule has 0 saturated carbocycles. The minimum atomic E-state index is 0.362. The summed E-state index contributed by atoms with van der Waals surface area (Å²) in [5, 5.41) is 9.99. The molecule has 1 unspecified atom stereocenters. The monoisotopic (exact) mass is 224 g/mol. The summed E-state index contributed by atoms with van der Waals surface area (Å²) < 4.78 is 0. The van der Waals surface area contributed by atoms with Crippen LogP contribution < -0.4 is 0 Å². The Morgan fingerprint density at radius 2 is 1.59 bits per heavy atom. The predicted octanol–water partition coefficient (Wildman–Crippen LogP) is 3.86. The van der Waals surface area contributed by atoms with E-state index in [1.165, 1.54) is 24.0 Å². The van der Waals surface area contributed by atoms with Gasteiger partial charge in [0.2, 0.25) is 0 Å². The van der Waals surface area contributed by atoms with Crippen molar-refractivity contribution >= 4 is 0 Å². The number of phenolic OH excluding ortho intramolecular Hbond substituents is 1. The van der Waals surface area contributed by atoms with E-state index in [9.17, 15) is 5.11 Å². The molecule has 0 aliphatic heterocycles. The molecule has 0 saturated heterocycles. The first kappa shape index (κ1) is 10.4. The summed E-state index contributed by atoms with van der Waals surface area (Å²) in [4.78, 5) is 0. The molecule has 0 aromatic heterocycles. The summed E-state index contributed by atoms with van der Waals surface area (Å²) >= 11 is 0. The second kappa shape index (κ2) is 4.25. The Hall–Kier alpha value is -1.76. The number of rotatable bonds is 1. The van der Waals surface area contributed by atoms with Crippen molar-refractivity contribution in [3.63, 3.8) is 0 Å². The van der Waals surface area contributed by atoms with Crippen LogP contribution >= 0.6 is 0 Å². The van der Waals surface area contributed by atoms with Crippen molar-refractivity contribution in [2.75, 3.05) is 0 Å². The number of hydrogen-bond acceptors (Lipinski definition) is 1. The van der Waals surface area contributed by atoms with Gasteiger partial charge in [-0.3, -0.25) is 0 Å². The molecule has 0 bridgehead atoms. The molecule has 0 fully saturated rings. The fourth-order valence-corrected chi connectivity index (χ4v) is 2.86. The molecule has 1 aliphatic carbocycles. The van der Waals surface area contributed by atoms with E-state index in [0.717, 1.165) is 12.0 Å². The molecular weight excluding hydrogens is 208 g/mol. The number of para-hydroxylation sites is 1. The second-order valence-corrected chi connectivity index (χ2v) is 4.70. The van der Waals surface area contributed by atoms with Gasteiger partial charge in [-0.25, -0.2) is 0 Å². The number of fused-ring (bicyclic) bond motifs is 1. The molecule has 2 aromatic carbocycles. The first-order chi connectivity index (χ1) is 8.36. The molecule has 1 nitrogen and oxygen atoms in total. The number of phenols is 1. The van der Waals surface area contributed by atoms with E-state index < -0.39 is 0 Å². The topological polar surface area (TPSA) is 20.2 Å². The number of aryl methyl sites for hydroxylation is 1. The summed E-state index contributed by atoms with van der Waals surface area (Å²) in [7, 11) is 0. The van der Waals surface area contributed by atoms with Gasteiger partial charge in [0.05, 0.1) is 0 Å². The van der Waals surface area contributed by atoms with Gasteiger partial charge in [0.15, 0.2) is 0 Å². The summed E-state index contributed by atoms with van der Waals surface area (Å²) in [5.41, 5.74) is 3.90. The quantitative estimate of drug-likeness (QED) is 0.779. The molecule has 1 N–H and O–H groups in total. The Morgan fingerprint density at radius 3 is 2.41 bits per heavy atom. The van der Waals surface area contributed by atoms with Crippen LogP contribution in [0.2, 0.25) is 0 Å². The van der Waals surface area contributed by atoms with Crippen molar-refractivity contribution in [2.45, 2.75) is 25.2 Å². The first-order valence-electron chi connectivity index (χ1n) is 6.22. The van der Waals surface area contributed by atoms with Crippen LogP contribution in [0.5, 0.6) is 5.75 Å². The van der Waals surface area contributed by atoms with E-state index in [4.69, 9.17) is 0 Å². The molecule has 0 spiro atoms. The smallest absolute Gasteiger partial charge is 0.119 e. The third kappa shape index (κ3) is 1.82. The zero-order valence-corrected chi connectivity index (χ0v) is 9.76. The normalized spacial score (nSPS) is 18.7. The Kier molecular flexibility index (Phi) is 2.60. The van der Waals surface area contributed by atoms with E-state index in [2.05, 4.69) is 24.3 Å². The Bertz CT molecular complexity index is 531. The molecule has 2 aromatic rings. The van der Waals surface area contributed by atoms with E-state index >= 15 is 0 Å². The highest BCUT2D eigenvalue weighted by molar-refractivity contribution is 5.45. The molecule has 17 heavy (non-hydrogen) atoms. The fourth-order valence-electron chi connectivity index (χ4n) is 2.86. The molecule has 86 valence electrons. The highest BCUT2D eigenvalue weighted by Gasteiger charge is 2.22. The average molecular weight is 224 g/mol. The molecular formula is C16H16O. The number of hydrogen-bond donors (Lipinski definition) is 1. The number of benzene rings is 2. The fraction of sp³-hybridized carbons (Fsp3) is 0.250. The lowest BCUT2D eigenvalue weighted by Gasteiger charge is -2.26. The van der Waals surface area contributed by atoms with E-state index in [1.807, 2.05) is 18.2 Å². The maximum Gasteiger partial charge on any atom is 0.119 e. The van der Waals surface area contributed by atoms with Crippen molar-refractivity contribution in [1.82, 2.24) is 0 Å². The summed E-state index contributed by atoms with van der Waals surface area (Å²) in [6, 6.07) is 16.3. The minimum Gasteiger partial charge on any atom is -0.508 e. The molecule has 0 radical (unpaired) electrons. The van der Waals surface area contributed by atoms with Crippen LogP contribution in [-0.4, -0.2) is 5.11 Å². The third-order valence-electron chi connectivity index (χ3n) is 3.68. The lowest BCUT2D eigenvalue weighted by atomic mass is 9.79. The zero-order valence-electron chi connectivity index (χ0n) is 9.76. The largest absolute Gasteiger partial charge is 0.508 e. The van der Waals surface area contributed by atoms with Gasteiger partial charge in [-0.2, -0.15) is 0 Å². The van der Waals surface area contributed by atoms with Crippen LogP contribution in [0.15, 0.2) is 48.5 Å². The van der Waals surface area contributed by atoms with Gasteiger partial charge in [-0.1, -0.05) is 42.5 Å². The summed E-state index contributed by atoms with van der Waals surface area (Å²) in [5.74, 6) is 0.787. The lowest BCUT2D eigenvalue weighted by Crippen LogP contribution is -2.10. The molecule has 1 atom stereocenters. The third-order valence-corrected chi connectivity index (χ3v) is 3.68. The van der Waals surface area contributed by atoms with Crippen LogP contribution in [0, 0.1) is 0 Å². The average Bonchev–Trinajstić information content (AvgIpc) is 2.39. The van der Waals surface area contributed by atoms with E-state index in [-0.39, 0.29) is 0 Å². The summed E-state index contributed by atoms with van der Waals surface area (Å²) in [6.07, 6.45) is 3.50. The SMILES string of the molecule is Oc1ccccc1C1CCCc2ccccc21. The van der Waals surface area contributed by atoms with Crippen molar-refractivity contribution in [1.29, 1.82) is 0 Å². The number of aromatic hydroxyl groups is 1. The molecule has 1 heteroatoms. The molecule has 0 heterocycles. The van der Waals surface area contributed by atoms with Crippen molar-refractivity contribution in [2.24, 2.45) is 0 Å². The van der Waals surface area contributed by atoms with Gasteiger partial charge in [0.25, 0.3) is 0 Å². The predicted molar refractivity (Wildman–Crippen MR) is 69.3 cm³/mol. The first-order valence-corrected chi connectivity index (χ1v) is 6.22. The highest BCUT2D eigenvalue weighted by atomic mass is 16.3. The van der Waals surface area contributed by atoms with Crippen LogP contribution in [0.1, 0.15) is 35.4 Å². The minimum absolute atomic E-state index is 0.362. The van der Waals surface area contributed by atoms with Crippen molar-refractivity contribution in [3.05, 3.63) is 65.2 Å². The van der Waals surface area contributed by atoms with Crippen LogP contribution in [0.25, 0.3) is 0 Å². The van der Waals surface area contributed by atoms with E-state index in [1.54, 1.807) is 6.07 Å². The van der Waals surface area contributed by atoms with Gasteiger partial charge in [0.1, 0.15) is 5.75 Å².